The third kappa shape index (κ3) is 1.77. The Kier molecular flexibility index (Phi) is 2.21. The number of hydrogen-bond acceptors (Lipinski definition) is 1. The van der Waals surface area contributed by atoms with Crippen molar-refractivity contribution in [2.45, 2.75) is 6.92 Å². The molecule has 1 heteroatoms. The van der Waals surface area contributed by atoms with Crippen LogP contribution in [0, 0.1) is 13.5 Å². The predicted molar refractivity (Wildman–Crippen MR) is 44.4 cm³/mol. The maximum atomic E-state index is 11.0. The second kappa shape index (κ2) is 3.15. The highest BCUT2D eigenvalue weighted by atomic mass is 16.1. The Labute approximate surface area is 66.4 Å². The van der Waals surface area contributed by atoms with Gasteiger partial charge in [-0.3, -0.25) is 4.79 Å². The SMILES string of the molecule is [CH]=CC(=O)c1cccc(C)c1. The van der Waals surface area contributed by atoms with Gasteiger partial charge < -0.3 is 0 Å². The second-order valence-corrected chi connectivity index (χ2v) is 2.40. The Hall–Kier alpha value is -1.37. The average molecular weight is 145 g/mol. The molecule has 0 saturated heterocycles. The quantitative estimate of drug-likeness (QED) is 0.460. The van der Waals surface area contributed by atoms with Gasteiger partial charge in [0.1, 0.15) is 0 Å². The van der Waals surface area contributed by atoms with E-state index < -0.39 is 0 Å². The third-order valence-corrected chi connectivity index (χ3v) is 1.45. The first-order valence-electron chi connectivity index (χ1n) is 3.40. The number of rotatable bonds is 2. The summed E-state index contributed by atoms with van der Waals surface area (Å²) in [5, 5.41) is 0. The van der Waals surface area contributed by atoms with Gasteiger partial charge in [-0.05, 0) is 19.1 Å². The van der Waals surface area contributed by atoms with Crippen LogP contribution >= 0.6 is 0 Å². The monoisotopic (exact) mass is 145 g/mol. The minimum atomic E-state index is -0.131. The van der Waals surface area contributed by atoms with E-state index in [9.17, 15) is 4.79 Å². The maximum Gasteiger partial charge on any atom is 0.185 e. The molecule has 1 nitrogen and oxygen atoms in total. The zero-order valence-electron chi connectivity index (χ0n) is 6.37. The van der Waals surface area contributed by atoms with Gasteiger partial charge >= 0.3 is 0 Å². The molecule has 1 aromatic carbocycles. The molecular formula is C10H9O. The Morgan fingerprint density at radius 3 is 2.82 bits per heavy atom. The molecule has 1 aromatic rings. The summed E-state index contributed by atoms with van der Waals surface area (Å²) in [4.78, 5) is 11.0. The zero-order valence-corrected chi connectivity index (χ0v) is 6.37. The van der Waals surface area contributed by atoms with E-state index in [1.165, 1.54) is 0 Å². The summed E-state index contributed by atoms with van der Waals surface area (Å²) >= 11 is 0. The molecule has 1 rings (SSSR count). The molecule has 55 valence electrons. The van der Waals surface area contributed by atoms with Crippen LogP contribution in [0.15, 0.2) is 30.3 Å². The van der Waals surface area contributed by atoms with Crippen molar-refractivity contribution in [1.82, 2.24) is 0 Å². The normalized spacial score (nSPS) is 9.18. The first-order valence-corrected chi connectivity index (χ1v) is 3.40. The predicted octanol–water partition coefficient (Wildman–Crippen LogP) is 2.17. The summed E-state index contributed by atoms with van der Waals surface area (Å²) in [6, 6.07) is 7.34. The molecule has 0 amide bonds. The van der Waals surface area contributed by atoms with E-state index in [0.717, 1.165) is 11.6 Å². The Morgan fingerprint density at radius 2 is 2.27 bits per heavy atom. The van der Waals surface area contributed by atoms with Crippen molar-refractivity contribution < 1.29 is 4.79 Å². The summed E-state index contributed by atoms with van der Waals surface area (Å²) in [5.41, 5.74) is 1.71. The van der Waals surface area contributed by atoms with Crippen molar-refractivity contribution >= 4 is 5.78 Å². The van der Waals surface area contributed by atoms with Crippen molar-refractivity contribution in [1.29, 1.82) is 0 Å². The molecule has 11 heavy (non-hydrogen) atoms. The molecule has 0 spiro atoms. The minimum absolute atomic E-state index is 0.131. The molecular weight excluding hydrogens is 136 g/mol. The van der Waals surface area contributed by atoms with Crippen LogP contribution in [0.4, 0.5) is 0 Å². The fraction of sp³-hybridized carbons (Fsp3) is 0.100. The van der Waals surface area contributed by atoms with Crippen molar-refractivity contribution in [3.05, 3.63) is 48.0 Å². The summed E-state index contributed by atoms with van der Waals surface area (Å²) in [6.45, 7) is 7.02. The second-order valence-electron chi connectivity index (χ2n) is 2.40. The minimum Gasteiger partial charge on any atom is -0.289 e. The lowest BCUT2D eigenvalue weighted by atomic mass is 10.1. The number of benzene rings is 1. The Balaban J connectivity index is 3.05. The molecule has 0 aliphatic carbocycles. The van der Waals surface area contributed by atoms with Crippen molar-refractivity contribution in [3.63, 3.8) is 0 Å². The number of carbonyl (C=O) groups is 1. The van der Waals surface area contributed by atoms with E-state index in [1.54, 1.807) is 6.07 Å². The van der Waals surface area contributed by atoms with Crippen LogP contribution in [0.25, 0.3) is 0 Å². The van der Waals surface area contributed by atoms with Gasteiger partial charge in [0.2, 0.25) is 0 Å². The van der Waals surface area contributed by atoms with E-state index in [2.05, 4.69) is 0 Å². The van der Waals surface area contributed by atoms with Crippen LogP contribution in [0.1, 0.15) is 15.9 Å². The van der Waals surface area contributed by atoms with E-state index in [0.29, 0.717) is 5.56 Å². The lowest BCUT2D eigenvalue weighted by molar-refractivity contribution is 0.104. The van der Waals surface area contributed by atoms with Crippen LogP contribution in [-0.2, 0) is 0 Å². The largest absolute Gasteiger partial charge is 0.289 e. The van der Waals surface area contributed by atoms with Crippen LogP contribution in [0.2, 0.25) is 0 Å². The molecule has 0 fully saturated rings. The highest BCUT2D eigenvalue weighted by molar-refractivity contribution is 6.03. The summed E-state index contributed by atoms with van der Waals surface area (Å²) in [7, 11) is 0. The standard InChI is InChI=1S/C10H9O/c1-3-10(11)9-6-4-5-8(2)7-9/h1,3-7H,2H3. The number of allylic oxidation sites excluding steroid dienone is 1. The van der Waals surface area contributed by atoms with Crippen LogP contribution < -0.4 is 0 Å². The van der Waals surface area contributed by atoms with Gasteiger partial charge in [-0.2, -0.15) is 0 Å². The number of carbonyl (C=O) groups excluding carboxylic acids is 1. The highest BCUT2D eigenvalue weighted by Gasteiger charge is 1.98. The summed E-state index contributed by atoms with van der Waals surface area (Å²) in [5.74, 6) is -0.131. The maximum absolute atomic E-state index is 11.0. The summed E-state index contributed by atoms with van der Waals surface area (Å²) < 4.78 is 0. The first-order chi connectivity index (χ1) is 5.24. The van der Waals surface area contributed by atoms with Gasteiger partial charge in [0.15, 0.2) is 5.78 Å². The smallest absolute Gasteiger partial charge is 0.185 e. The van der Waals surface area contributed by atoms with Crippen LogP contribution in [0.3, 0.4) is 0 Å². The molecule has 0 aliphatic rings. The molecule has 0 unspecified atom stereocenters. The molecule has 0 aromatic heterocycles. The molecule has 0 heterocycles. The number of hydrogen-bond donors (Lipinski definition) is 0. The van der Waals surface area contributed by atoms with Crippen molar-refractivity contribution in [3.8, 4) is 0 Å². The highest BCUT2D eigenvalue weighted by Crippen LogP contribution is 2.04. The van der Waals surface area contributed by atoms with E-state index in [4.69, 9.17) is 6.58 Å². The molecule has 0 N–H and O–H groups in total. The van der Waals surface area contributed by atoms with E-state index in [-0.39, 0.29) is 5.78 Å². The molecule has 0 bridgehead atoms. The van der Waals surface area contributed by atoms with Gasteiger partial charge in [-0.25, -0.2) is 0 Å². The van der Waals surface area contributed by atoms with Crippen molar-refractivity contribution in [2.24, 2.45) is 0 Å². The molecule has 0 saturated carbocycles. The average Bonchev–Trinajstić information content (AvgIpc) is 2.03. The fourth-order valence-corrected chi connectivity index (χ4v) is 0.895. The van der Waals surface area contributed by atoms with Crippen molar-refractivity contribution in [2.75, 3.05) is 0 Å². The summed E-state index contributed by atoms with van der Waals surface area (Å²) in [6.07, 6.45) is 1.08. The Bertz CT molecular complexity index is 287. The fourth-order valence-electron chi connectivity index (χ4n) is 0.895. The zero-order chi connectivity index (χ0) is 8.27. The molecule has 1 radical (unpaired) electrons. The van der Waals surface area contributed by atoms with Gasteiger partial charge in [0.05, 0.1) is 0 Å². The number of aryl methyl sites for hydroxylation is 1. The van der Waals surface area contributed by atoms with E-state index >= 15 is 0 Å². The molecule has 0 atom stereocenters. The lowest BCUT2D eigenvalue weighted by Crippen LogP contribution is -1.92. The first kappa shape index (κ1) is 7.73. The lowest BCUT2D eigenvalue weighted by Gasteiger charge is -1.95. The van der Waals surface area contributed by atoms with Gasteiger partial charge in [0, 0.05) is 5.56 Å². The van der Waals surface area contributed by atoms with Crippen LogP contribution in [-0.4, -0.2) is 5.78 Å². The topological polar surface area (TPSA) is 17.1 Å². The Morgan fingerprint density at radius 1 is 1.55 bits per heavy atom. The van der Waals surface area contributed by atoms with Gasteiger partial charge in [-0.15, -0.1) is 0 Å². The number of ketones is 1. The van der Waals surface area contributed by atoms with Gasteiger partial charge in [-0.1, -0.05) is 30.3 Å². The van der Waals surface area contributed by atoms with Gasteiger partial charge in [0.25, 0.3) is 0 Å². The third-order valence-electron chi connectivity index (χ3n) is 1.45. The molecule has 0 aliphatic heterocycles. The van der Waals surface area contributed by atoms with E-state index in [1.807, 2.05) is 25.1 Å². The van der Waals surface area contributed by atoms with Crippen LogP contribution in [0.5, 0.6) is 0 Å².